The van der Waals surface area contributed by atoms with Gasteiger partial charge in [-0.05, 0) is 50.5 Å². The zero-order chi connectivity index (χ0) is 12.3. The fourth-order valence-corrected chi connectivity index (χ4v) is 3.34. The molecule has 3 nitrogen and oxygen atoms in total. The van der Waals surface area contributed by atoms with Crippen molar-refractivity contribution in [3.05, 3.63) is 12.2 Å². The SMILES string of the molecule is C=C(CNCC1CC2CCC1C2)C(=O)OCC. The second kappa shape index (κ2) is 5.67. The molecule has 0 heterocycles. The lowest BCUT2D eigenvalue weighted by molar-refractivity contribution is -0.138. The fourth-order valence-electron chi connectivity index (χ4n) is 3.34. The van der Waals surface area contributed by atoms with Crippen LogP contribution in [-0.2, 0) is 9.53 Å². The van der Waals surface area contributed by atoms with E-state index < -0.39 is 0 Å². The van der Waals surface area contributed by atoms with Crippen LogP contribution in [0.15, 0.2) is 12.2 Å². The summed E-state index contributed by atoms with van der Waals surface area (Å²) in [4.78, 5) is 11.3. The normalized spacial score (nSPS) is 30.5. The highest BCUT2D eigenvalue weighted by Gasteiger charge is 2.38. The maximum Gasteiger partial charge on any atom is 0.334 e. The number of esters is 1. The molecule has 96 valence electrons. The van der Waals surface area contributed by atoms with E-state index in [2.05, 4.69) is 11.9 Å². The maximum atomic E-state index is 11.3. The van der Waals surface area contributed by atoms with Gasteiger partial charge in [-0.15, -0.1) is 0 Å². The molecule has 3 unspecified atom stereocenters. The fraction of sp³-hybridized carbons (Fsp3) is 0.786. The number of nitrogens with one attached hydrogen (secondary N) is 1. The number of rotatable bonds is 6. The van der Waals surface area contributed by atoms with Crippen molar-refractivity contribution in [1.82, 2.24) is 5.32 Å². The van der Waals surface area contributed by atoms with E-state index in [9.17, 15) is 4.79 Å². The molecule has 17 heavy (non-hydrogen) atoms. The molecule has 0 radical (unpaired) electrons. The highest BCUT2D eigenvalue weighted by Crippen LogP contribution is 2.47. The Hall–Kier alpha value is -0.830. The monoisotopic (exact) mass is 237 g/mol. The third-order valence-electron chi connectivity index (χ3n) is 4.19. The highest BCUT2D eigenvalue weighted by atomic mass is 16.5. The second-order valence-corrected chi connectivity index (χ2v) is 5.39. The average Bonchev–Trinajstić information content (AvgIpc) is 2.91. The molecule has 0 amide bonds. The van der Waals surface area contributed by atoms with Crippen LogP contribution < -0.4 is 5.32 Å². The third-order valence-corrected chi connectivity index (χ3v) is 4.19. The zero-order valence-electron chi connectivity index (χ0n) is 10.7. The predicted molar refractivity (Wildman–Crippen MR) is 67.6 cm³/mol. The van der Waals surface area contributed by atoms with Crippen molar-refractivity contribution >= 4 is 5.97 Å². The molecule has 1 N–H and O–H groups in total. The molecule has 2 saturated carbocycles. The van der Waals surface area contributed by atoms with E-state index in [0.29, 0.717) is 18.7 Å². The van der Waals surface area contributed by atoms with Crippen LogP contribution in [0.4, 0.5) is 0 Å². The van der Waals surface area contributed by atoms with Gasteiger partial charge < -0.3 is 10.1 Å². The largest absolute Gasteiger partial charge is 0.463 e. The van der Waals surface area contributed by atoms with Gasteiger partial charge in [-0.1, -0.05) is 13.0 Å². The Kier molecular flexibility index (Phi) is 4.21. The van der Waals surface area contributed by atoms with Crippen LogP contribution in [0.5, 0.6) is 0 Å². The molecule has 0 saturated heterocycles. The number of hydrogen-bond acceptors (Lipinski definition) is 3. The molecule has 2 rings (SSSR count). The Morgan fingerprint density at radius 3 is 2.82 bits per heavy atom. The van der Waals surface area contributed by atoms with Gasteiger partial charge in [0.15, 0.2) is 0 Å². The standard InChI is InChI=1S/C14H23NO2/c1-3-17-14(16)10(2)8-15-9-13-7-11-4-5-12(13)6-11/h11-13,15H,2-9H2,1H3. The smallest absolute Gasteiger partial charge is 0.334 e. The van der Waals surface area contributed by atoms with Crippen molar-refractivity contribution in [2.45, 2.75) is 32.6 Å². The van der Waals surface area contributed by atoms with Gasteiger partial charge in [0.25, 0.3) is 0 Å². The number of ether oxygens (including phenoxy) is 1. The van der Waals surface area contributed by atoms with Gasteiger partial charge in [0, 0.05) is 12.1 Å². The summed E-state index contributed by atoms with van der Waals surface area (Å²) >= 11 is 0. The van der Waals surface area contributed by atoms with Crippen molar-refractivity contribution in [2.24, 2.45) is 17.8 Å². The first-order chi connectivity index (χ1) is 8.20. The summed E-state index contributed by atoms with van der Waals surface area (Å²) in [6.07, 6.45) is 5.67. The van der Waals surface area contributed by atoms with Crippen LogP contribution in [0.3, 0.4) is 0 Å². The van der Waals surface area contributed by atoms with E-state index in [4.69, 9.17) is 4.74 Å². The maximum absolute atomic E-state index is 11.3. The first-order valence-electron chi connectivity index (χ1n) is 6.76. The molecule has 0 aromatic carbocycles. The quantitative estimate of drug-likeness (QED) is 0.568. The van der Waals surface area contributed by atoms with Gasteiger partial charge in [0.1, 0.15) is 0 Å². The van der Waals surface area contributed by atoms with Crippen molar-refractivity contribution in [2.75, 3.05) is 19.7 Å². The van der Waals surface area contributed by atoms with Crippen LogP contribution in [-0.4, -0.2) is 25.7 Å². The Labute approximate surface area is 104 Å². The molecule has 2 bridgehead atoms. The first-order valence-corrected chi connectivity index (χ1v) is 6.76. The lowest BCUT2D eigenvalue weighted by Crippen LogP contribution is -2.29. The number of carbonyl (C=O) groups excluding carboxylic acids is 1. The summed E-state index contributed by atoms with van der Waals surface area (Å²) in [5, 5.41) is 3.35. The summed E-state index contributed by atoms with van der Waals surface area (Å²) in [6, 6.07) is 0. The van der Waals surface area contributed by atoms with Gasteiger partial charge in [-0.2, -0.15) is 0 Å². The van der Waals surface area contributed by atoms with E-state index in [1.54, 1.807) is 0 Å². The molecule has 2 aliphatic rings. The van der Waals surface area contributed by atoms with Gasteiger partial charge >= 0.3 is 5.97 Å². The summed E-state index contributed by atoms with van der Waals surface area (Å²) in [6.45, 7) is 7.57. The van der Waals surface area contributed by atoms with Crippen LogP contribution in [0.25, 0.3) is 0 Å². The van der Waals surface area contributed by atoms with Crippen LogP contribution >= 0.6 is 0 Å². The van der Waals surface area contributed by atoms with Crippen LogP contribution in [0, 0.1) is 17.8 Å². The number of carbonyl (C=O) groups is 1. The van der Waals surface area contributed by atoms with Gasteiger partial charge in [0.2, 0.25) is 0 Å². The number of fused-ring (bicyclic) bond motifs is 2. The zero-order valence-corrected chi connectivity index (χ0v) is 10.7. The van der Waals surface area contributed by atoms with Crippen LogP contribution in [0.2, 0.25) is 0 Å². The van der Waals surface area contributed by atoms with Crippen molar-refractivity contribution < 1.29 is 9.53 Å². The summed E-state index contributed by atoms with van der Waals surface area (Å²) in [5.74, 6) is 2.47. The van der Waals surface area contributed by atoms with E-state index in [1.807, 2.05) is 6.92 Å². The van der Waals surface area contributed by atoms with Crippen molar-refractivity contribution in [1.29, 1.82) is 0 Å². The molecule has 3 heteroatoms. The van der Waals surface area contributed by atoms with Gasteiger partial charge in [-0.25, -0.2) is 4.79 Å². The van der Waals surface area contributed by atoms with E-state index in [1.165, 1.54) is 25.7 Å². The highest BCUT2D eigenvalue weighted by molar-refractivity contribution is 5.88. The molecule has 2 fully saturated rings. The Balaban J connectivity index is 1.63. The Bertz CT molecular complexity index is 301. The lowest BCUT2D eigenvalue weighted by atomic mass is 9.89. The summed E-state index contributed by atoms with van der Waals surface area (Å²) in [5.41, 5.74) is 0.537. The molecule has 0 aromatic heterocycles. The number of hydrogen-bond donors (Lipinski definition) is 1. The Morgan fingerprint density at radius 2 is 2.24 bits per heavy atom. The van der Waals surface area contributed by atoms with Crippen LogP contribution in [0.1, 0.15) is 32.6 Å². The van der Waals surface area contributed by atoms with Crippen molar-refractivity contribution in [3.8, 4) is 0 Å². The molecular formula is C14H23NO2. The third kappa shape index (κ3) is 3.09. The average molecular weight is 237 g/mol. The Morgan fingerprint density at radius 1 is 1.41 bits per heavy atom. The first kappa shape index (κ1) is 12.6. The summed E-state index contributed by atoms with van der Waals surface area (Å²) < 4.78 is 4.90. The lowest BCUT2D eigenvalue weighted by Gasteiger charge is -2.22. The molecule has 0 spiro atoms. The minimum atomic E-state index is -0.270. The second-order valence-electron chi connectivity index (χ2n) is 5.39. The minimum absolute atomic E-state index is 0.270. The predicted octanol–water partition coefficient (Wildman–Crippen LogP) is 2.13. The van der Waals surface area contributed by atoms with Gasteiger partial charge in [0.05, 0.1) is 6.61 Å². The molecule has 2 aliphatic carbocycles. The molecule has 3 atom stereocenters. The van der Waals surface area contributed by atoms with E-state index >= 15 is 0 Å². The van der Waals surface area contributed by atoms with E-state index in [0.717, 1.165) is 24.3 Å². The minimum Gasteiger partial charge on any atom is -0.463 e. The van der Waals surface area contributed by atoms with E-state index in [-0.39, 0.29) is 5.97 Å². The summed E-state index contributed by atoms with van der Waals surface area (Å²) in [7, 11) is 0. The molecule has 0 aliphatic heterocycles. The van der Waals surface area contributed by atoms with Gasteiger partial charge in [-0.3, -0.25) is 0 Å². The molecular weight excluding hydrogens is 214 g/mol. The molecule has 0 aromatic rings. The van der Waals surface area contributed by atoms with Crippen molar-refractivity contribution in [3.63, 3.8) is 0 Å². The topological polar surface area (TPSA) is 38.3 Å².